The van der Waals surface area contributed by atoms with Gasteiger partial charge in [0.2, 0.25) is 5.43 Å². The average molecular weight is 411 g/mol. The molecule has 0 aliphatic carbocycles. The molecule has 2 aromatic heterocycles. The van der Waals surface area contributed by atoms with E-state index in [-0.39, 0.29) is 5.69 Å². The molecule has 7 heteroatoms. The van der Waals surface area contributed by atoms with Crippen LogP contribution in [0.25, 0.3) is 5.69 Å². The van der Waals surface area contributed by atoms with Crippen LogP contribution in [0.2, 0.25) is 0 Å². The number of para-hydroxylation sites is 1. The van der Waals surface area contributed by atoms with Crippen LogP contribution in [0.3, 0.4) is 0 Å². The van der Waals surface area contributed by atoms with Crippen LogP contribution in [0.15, 0.2) is 77.9 Å². The van der Waals surface area contributed by atoms with Crippen molar-refractivity contribution < 1.29 is 4.79 Å². The lowest BCUT2D eigenvalue weighted by Gasteiger charge is -2.19. The Bertz CT molecular complexity index is 1320. The van der Waals surface area contributed by atoms with Crippen LogP contribution in [0.1, 0.15) is 39.2 Å². The van der Waals surface area contributed by atoms with Crippen molar-refractivity contribution in [3.8, 4) is 5.69 Å². The van der Waals surface area contributed by atoms with Crippen LogP contribution in [-0.4, -0.2) is 25.2 Å². The number of benzene rings is 2. The number of nitrogens with one attached hydrogen (secondary N) is 1. The number of imidazole rings is 1. The minimum absolute atomic E-state index is 0.144. The molecule has 0 bridgehead atoms. The summed E-state index contributed by atoms with van der Waals surface area (Å²) in [6.07, 6.45) is 4.48. The van der Waals surface area contributed by atoms with Gasteiger partial charge in [0, 0.05) is 30.7 Å². The Labute approximate surface area is 179 Å². The second kappa shape index (κ2) is 7.68. The topological polar surface area (TPSA) is 81.8 Å². The maximum Gasteiger partial charge on any atom is 0.276 e. The van der Waals surface area contributed by atoms with Gasteiger partial charge in [-0.2, -0.15) is 5.10 Å². The molecule has 0 saturated carbocycles. The summed E-state index contributed by atoms with van der Waals surface area (Å²) in [5.74, 6) is 0.222. The first-order chi connectivity index (χ1) is 15.1. The lowest BCUT2D eigenvalue weighted by atomic mass is 9.98. The smallest absolute Gasteiger partial charge is 0.276 e. The third kappa shape index (κ3) is 3.44. The average Bonchev–Trinajstić information content (AvgIpc) is 3.20. The van der Waals surface area contributed by atoms with Gasteiger partial charge in [-0.05, 0) is 36.6 Å². The summed E-state index contributed by atoms with van der Waals surface area (Å²) in [6.45, 7) is 2.57. The van der Waals surface area contributed by atoms with Crippen LogP contribution in [0.5, 0.6) is 0 Å². The number of hydrogen-bond donors (Lipinski definition) is 1. The zero-order valence-corrected chi connectivity index (χ0v) is 17.0. The molecular weight excluding hydrogens is 390 g/mol. The molecule has 7 nitrogen and oxygen atoms in total. The highest BCUT2D eigenvalue weighted by atomic mass is 16.2. The quantitative estimate of drug-likeness (QED) is 0.562. The van der Waals surface area contributed by atoms with E-state index in [2.05, 4.69) is 21.5 Å². The monoisotopic (exact) mass is 411 g/mol. The van der Waals surface area contributed by atoms with Gasteiger partial charge < -0.3 is 9.88 Å². The van der Waals surface area contributed by atoms with E-state index in [4.69, 9.17) is 0 Å². The number of carbonyl (C=O) groups is 1. The maximum absolute atomic E-state index is 13.3. The van der Waals surface area contributed by atoms with Crippen molar-refractivity contribution in [2.24, 2.45) is 0 Å². The van der Waals surface area contributed by atoms with Gasteiger partial charge in [0.15, 0.2) is 5.69 Å². The van der Waals surface area contributed by atoms with Gasteiger partial charge in [0.05, 0.1) is 5.69 Å². The molecule has 3 heterocycles. The maximum atomic E-state index is 13.3. The van der Waals surface area contributed by atoms with Gasteiger partial charge in [0.25, 0.3) is 5.91 Å². The summed E-state index contributed by atoms with van der Waals surface area (Å²) < 4.78 is 3.65. The van der Waals surface area contributed by atoms with Crippen LogP contribution in [0, 0.1) is 6.92 Å². The standard InChI is InChI=1S/C24H21N5O2/c1-16-15-20(30)22(27-29(16)18-8-3-2-4-9-18)24(31)26-21-19-10-6-5-7-17(19)11-13-28-14-12-25-23(21)28/h2-10,12,14-15,21H,11,13H2,1H3,(H,26,31). The predicted octanol–water partition coefficient (Wildman–Crippen LogP) is 2.81. The molecule has 1 unspecified atom stereocenters. The second-order valence-corrected chi connectivity index (χ2v) is 7.58. The highest BCUT2D eigenvalue weighted by molar-refractivity contribution is 5.92. The second-order valence-electron chi connectivity index (χ2n) is 7.58. The Morgan fingerprint density at radius 3 is 2.71 bits per heavy atom. The molecular formula is C24H21N5O2. The van der Waals surface area contributed by atoms with E-state index < -0.39 is 17.4 Å². The van der Waals surface area contributed by atoms with Crippen molar-refractivity contribution in [3.63, 3.8) is 0 Å². The van der Waals surface area contributed by atoms with Crippen molar-refractivity contribution in [2.75, 3.05) is 0 Å². The van der Waals surface area contributed by atoms with Crippen LogP contribution >= 0.6 is 0 Å². The number of carbonyl (C=O) groups excluding carboxylic acids is 1. The molecule has 1 aliphatic heterocycles. The van der Waals surface area contributed by atoms with E-state index in [0.29, 0.717) is 5.69 Å². The summed E-state index contributed by atoms with van der Waals surface area (Å²) >= 11 is 0. The van der Waals surface area contributed by atoms with Gasteiger partial charge in [-0.15, -0.1) is 0 Å². The molecule has 0 saturated heterocycles. The molecule has 0 radical (unpaired) electrons. The molecule has 2 aromatic carbocycles. The fourth-order valence-electron chi connectivity index (χ4n) is 4.07. The molecule has 1 atom stereocenters. The summed E-state index contributed by atoms with van der Waals surface area (Å²) in [4.78, 5) is 30.4. The first kappa shape index (κ1) is 19.0. The van der Waals surface area contributed by atoms with E-state index in [9.17, 15) is 9.59 Å². The third-order valence-corrected chi connectivity index (χ3v) is 5.59. The van der Waals surface area contributed by atoms with Crippen molar-refractivity contribution >= 4 is 5.91 Å². The van der Waals surface area contributed by atoms with Gasteiger partial charge in [-0.25, -0.2) is 9.67 Å². The number of aromatic nitrogens is 4. The van der Waals surface area contributed by atoms with Crippen molar-refractivity contribution in [3.05, 3.63) is 112 Å². The SMILES string of the molecule is Cc1cc(=O)c(C(=O)NC2c3ccccc3CCn3ccnc32)nn1-c1ccccc1. The number of rotatable bonds is 3. The van der Waals surface area contributed by atoms with Crippen molar-refractivity contribution in [1.82, 2.24) is 24.6 Å². The Kier molecular flexibility index (Phi) is 4.71. The normalized spacial score (nSPS) is 14.9. The van der Waals surface area contributed by atoms with Crippen molar-refractivity contribution in [2.45, 2.75) is 25.9 Å². The largest absolute Gasteiger partial charge is 0.336 e. The molecule has 31 heavy (non-hydrogen) atoms. The lowest BCUT2D eigenvalue weighted by Crippen LogP contribution is -2.36. The number of aryl methyl sites for hydroxylation is 3. The van der Waals surface area contributed by atoms with Crippen LogP contribution in [-0.2, 0) is 13.0 Å². The van der Waals surface area contributed by atoms with E-state index in [1.165, 1.54) is 6.07 Å². The van der Waals surface area contributed by atoms with E-state index in [0.717, 1.165) is 35.6 Å². The molecule has 4 aromatic rings. The van der Waals surface area contributed by atoms with Crippen LogP contribution in [0.4, 0.5) is 0 Å². The summed E-state index contributed by atoms with van der Waals surface area (Å²) in [5, 5.41) is 7.41. The molecule has 1 amide bonds. The number of amides is 1. The molecule has 0 spiro atoms. The minimum Gasteiger partial charge on any atom is -0.336 e. The van der Waals surface area contributed by atoms with E-state index in [1.54, 1.807) is 17.8 Å². The zero-order valence-electron chi connectivity index (χ0n) is 17.0. The Balaban J connectivity index is 1.56. The van der Waals surface area contributed by atoms with Gasteiger partial charge in [-0.1, -0.05) is 42.5 Å². The Morgan fingerprint density at radius 1 is 1.10 bits per heavy atom. The number of nitrogens with zero attached hydrogens (tertiary/aromatic N) is 4. The Morgan fingerprint density at radius 2 is 1.87 bits per heavy atom. The zero-order chi connectivity index (χ0) is 21.4. The van der Waals surface area contributed by atoms with E-state index in [1.807, 2.05) is 59.3 Å². The van der Waals surface area contributed by atoms with Crippen molar-refractivity contribution in [1.29, 1.82) is 0 Å². The lowest BCUT2D eigenvalue weighted by molar-refractivity contribution is 0.0933. The molecule has 1 N–H and O–H groups in total. The first-order valence-electron chi connectivity index (χ1n) is 10.2. The molecule has 5 rings (SSSR count). The number of fused-ring (bicyclic) bond motifs is 2. The van der Waals surface area contributed by atoms with Gasteiger partial charge in [-0.3, -0.25) is 9.59 Å². The third-order valence-electron chi connectivity index (χ3n) is 5.59. The minimum atomic E-state index is -0.522. The summed E-state index contributed by atoms with van der Waals surface area (Å²) in [6, 6.07) is 18.4. The number of hydrogen-bond acceptors (Lipinski definition) is 4. The summed E-state index contributed by atoms with van der Waals surface area (Å²) in [5.41, 5.74) is 3.02. The predicted molar refractivity (Wildman–Crippen MR) is 116 cm³/mol. The van der Waals surface area contributed by atoms with Crippen LogP contribution < -0.4 is 10.7 Å². The fourth-order valence-corrected chi connectivity index (χ4v) is 4.07. The highest BCUT2D eigenvalue weighted by Gasteiger charge is 2.28. The molecule has 0 fully saturated rings. The fraction of sp³-hybridized carbons (Fsp3) is 0.167. The Hall–Kier alpha value is -4.00. The van der Waals surface area contributed by atoms with E-state index >= 15 is 0 Å². The van der Waals surface area contributed by atoms with Gasteiger partial charge >= 0.3 is 0 Å². The molecule has 1 aliphatic rings. The highest BCUT2D eigenvalue weighted by Crippen LogP contribution is 2.28. The summed E-state index contributed by atoms with van der Waals surface area (Å²) in [7, 11) is 0. The first-order valence-corrected chi connectivity index (χ1v) is 10.2. The van der Waals surface area contributed by atoms with Gasteiger partial charge in [0.1, 0.15) is 11.9 Å². The molecule has 154 valence electrons.